The summed E-state index contributed by atoms with van der Waals surface area (Å²) in [7, 11) is 1.59. The van der Waals surface area contributed by atoms with Crippen LogP contribution in [-0.2, 0) is 14.3 Å². The van der Waals surface area contributed by atoms with E-state index >= 15 is 0 Å². The van der Waals surface area contributed by atoms with Gasteiger partial charge in [0.25, 0.3) is 0 Å². The van der Waals surface area contributed by atoms with Crippen LogP contribution in [0, 0.1) is 11.2 Å². The van der Waals surface area contributed by atoms with Crippen molar-refractivity contribution in [2.24, 2.45) is 11.1 Å². The number of methoxy groups -OCH3 is 1. The SMILES string of the molecule is COc1cccc(Nc2nccc(-c3[nH]c(C4OCC(C)(C(N)=O)CO4)nc3-c3ccc(F)cc3)n2)c1. The van der Waals surface area contributed by atoms with Crippen LogP contribution in [0.3, 0.4) is 0 Å². The minimum Gasteiger partial charge on any atom is -0.497 e. The van der Waals surface area contributed by atoms with Gasteiger partial charge in [-0.3, -0.25) is 4.79 Å². The van der Waals surface area contributed by atoms with Gasteiger partial charge >= 0.3 is 0 Å². The number of imidazole rings is 1. The molecule has 0 spiro atoms. The molecule has 0 saturated carbocycles. The maximum Gasteiger partial charge on any atom is 0.228 e. The van der Waals surface area contributed by atoms with Crippen LogP contribution >= 0.6 is 0 Å². The van der Waals surface area contributed by atoms with E-state index in [2.05, 4.69) is 20.3 Å². The molecule has 190 valence electrons. The molecule has 2 aromatic carbocycles. The van der Waals surface area contributed by atoms with Crippen LogP contribution in [-0.4, -0.2) is 46.2 Å². The number of primary amides is 1. The van der Waals surface area contributed by atoms with Gasteiger partial charge in [-0.2, -0.15) is 0 Å². The summed E-state index contributed by atoms with van der Waals surface area (Å²) >= 11 is 0. The fourth-order valence-electron chi connectivity index (χ4n) is 3.80. The van der Waals surface area contributed by atoms with Gasteiger partial charge in [0.1, 0.15) is 11.6 Å². The summed E-state index contributed by atoms with van der Waals surface area (Å²) in [5.74, 6) is 0.557. The first-order valence-electron chi connectivity index (χ1n) is 11.5. The molecule has 1 aliphatic heterocycles. The Hall–Kier alpha value is -4.35. The van der Waals surface area contributed by atoms with E-state index in [1.807, 2.05) is 24.3 Å². The van der Waals surface area contributed by atoms with Gasteiger partial charge in [0.2, 0.25) is 18.1 Å². The van der Waals surface area contributed by atoms with Gasteiger partial charge in [-0.1, -0.05) is 6.07 Å². The van der Waals surface area contributed by atoms with E-state index < -0.39 is 17.6 Å². The second-order valence-corrected chi connectivity index (χ2v) is 8.85. The van der Waals surface area contributed by atoms with Crippen molar-refractivity contribution in [3.8, 4) is 28.4 Å². The van der Waals surface area contributed by atoms with Crippen LogP contribution in [0.25, 0.3) is 22.6 Å². The molecule has 1 aliphatic rings. The van der Waals surface area contributed by atoms with Crippen molar-refractivity contribution in [3.63, 3.8) is 0 Å². The predicted octanol–water partition coefficient (Wildman–Crippen LogP) is 3.96. The molecule has 1 saturated heterocycles. The number of nitrogens with one attached hydrogen (secondary N) is 2. The zero-order valence-corrected chi connectivity index (χ0v) is 20.2. The molecule has 1 amide bonds. The molecule has 0 radical (unpaired) electrons. The number of aromatic nitrogens is 4. The summed E-state index contributed by atoms with van der Waals surface area (Å²) in [5.41, 5.74) is 7.59. The number of carbonyl (C=O) groups excluding carboxylic acids is 1. The third-order valence-electron chi connectivity index (χ3n) is 6.00. The van der Waals surface area contributed by atoms with Crippen molar-refractivity contribution in [1.82, 2.24) is 19.9 Å². The molecule has 4 aromatic rings. The number of benzene rings is 2. The van der Waals surface area contributed by atoms with Crippen LogP contribution in [0.4, 0.5) is 16.0 Å². The largest absolute Gasteiger partial charge is 0.497 e. The van der Waals surface area contributed by atoms with Crippen molar-refractivity contribution >= 4 is 17.5 Å². The van der Waals surface area contributed by atoms with E-state index in [0.29, 0.717) is 40.2 Å². The van der Waals surface area contributed by atoms with Gasteiger partial charge < -0.3 is 30.2 Å². The number of ether oxygens (including phenoxy) is 3. The number of halogens is 1. The van der Waals surface area contributed by atoms with E-state index in [9.17, 15) is 9.18 Å². The average Bonchev–Trinajstić information content (AvgIpc) is 3.35. The van der Waals surface area contributed by atoms with Gasteiger partial charge in [-0.05, 0) is 49.4 Å². The van der Waals surface area contributed by atoms with E-state index in [0.717, 1.165) is 5.69 Å². The Bertz CT molecular complexity index is 1420. The van der Waals surface area contributed by atoms with E-state index in [1.165, 1.54) is 12.1 Å². The van der Waals surface area contributed by atoms with Gasteiger partial charge in [-0.15, -0.1) is 0 Å². The highest BCUT2D eigenvalue weighted by molar-refractivity contribution is 5.81. The zero-order chi connectivity index (χ0) is 26.0. The predicted molar refractivity (Wildman–Crippen MR) is 133 cm³/mol. The number of hydrogen-bond donors (Lipinski definition) is 3. The van der Waals surface area contributed by atoms with Crippen molar-refractivity contribution < 1.29 is 23.4 Å². The maximum atomic E-state index is 13.6. The van der Waals surface area contributed by atoms with Crippen LogP contribution < -0.4 is 15.8 Å². The summed E-state index contributed by atoms with van der Waals surface area (Å²) in [6.07, 6.45) is 0.766. The quantitative estimate of drug-likeness (QED) is 0.344. The maximum absolute atomic E-state index is 13.6. The number of carbonyl (C=O) groups is 1. The first kappa shape index (κ1) is 24.3. The second-order valence-electron chi connectivity index (χ2n) is 8.85. The molecule has 0 bridgehead atoms. The fraction of sp³-hybridized carbons (Fsp3) is 0.231. The summed E-state index contributed by atoms with van der Waals surface area (Å²) in [6, 6.07) is 15.1. The number of nitrogens with two attached hydrogens (primary N) is 1. The molecule has 5 rings (SSSR count). The zero-order valence-electron chi connectivity index (χ0n) is 20.2. The average molecular weight is 505 g/mol. The molecule has 2 aromatic heterocycles. The highest BCUT2D eigenvalue weighted by Gasteiger charge is 2.39. The smallest absolute Gasteiger partial charge is 0.228 e. The lowest BCUT2D eigenvalue weighted by atomic mass is 9.91. The number of rotatable bonds is 7. The van der Waals surface area contributed by atoms with E-state index in [-0.39, 0.29) is 19.0 Å². The molecule has 37 heavy (non-hydrogen) atoms. The molecule has 0 aliphatic carbocycles. The molecule has 4 N–H and O–H groups in total. The molecule has 0 atom stereocenters. The van der Waals surface area contributed by atoms with Crippen LogP contribution in [0.1, 0.15) is 19.0 Å². The number of aromatic amines is 1. The van der Waals surface area contributed by atoms with Crippen molar-refractivity contribution in [3.05, 3.63) is 72.4 Å². The second kappa shape index (κ2) is 9.96. The molecule has 10 nitrogen and oxygen atoms in total. The minimum atomic E-state index is -0.931. The number of nitrogens with zero attached hydrogens (tertiary/aromatic N) is 3. The Morgan fingerprint density at radius 1 is 1.16 bits per heavy atom. The molecule has 3 heterocycles. The summed E-state index contributed by atoms with van der Waals surface area (Å²) in [4.78, 5) is 28.7. The fourth-order valence-corrected chi connectivity index (χ4v) is 3.80. The Morgan fingerprint density at radius 2 is 1.92 bits per heavy atom. The summed E-state index contributed by atoms with van der Waals surface area (Å²) < 4.78 is 30.5. The third-order valence-corrected chi connectivity index (χ3v) is 6.00. The lowest BCUT2D eigenvalue weighted by Crippen LogP contribution is -2.46. The number of amides is 1. The Morgan fingerprint density at radius 3 is 2.62 bits per heavy atom. The van der Waals surface area contributed by atoms with E-state index in [4.69, 9.17) is 24.9 Å². The van der Waals surface area contributed by atoms with Crippen LogP contribution in [0.5, 0.6) is 5.75 Å². The molecular formula is C26H25FN6O4. The van der Waals surface area contributed by atoms with E-state index in [1.54, 1.807) is 38.4 Å². The first-order chi connectivity index (χ1) is 17.8. The topological polar surface area (TPSA) is 137 Å². The molecule has 1 fully saturated rings. The number of anilines is 2. The first-order valence-corrected chi connectivity index (χ1v) is 11.5. The standard InChI is InChI=1S/C26H25FN6O4/c1-26(24(28)34)13-36-23(37-14-26)22-32-20(15-6-8-16(27)9-7-15)21(33-22)19-10-11-29-25(31-19)30-17-4-3-5-18(12-17)35-2/h3-12,23H,13-14H2,1-2H3,(H2,28,34)(H,32,33)(H,29,30,31). The normalized spacial score (nSPS) is 19.4. The van der Waals surface area contributed by atoms with Crippen molar-refractivity contribution in [2.75, 3.05) is 25.6 Å². The van der Waals surface area contributed by atoms with Crippen LogP contribution in [0.15, 0.2) is 60.8 Å². The van der Waals surface area contributed by atoms with Gasteiger partial charge in [0.05, 0.1) is 42.8 Å². The summed E-state index contributed by atoms with van der Waals surface area (Å²) in [6.45, 7) is 1.84. The highest BCUT2D eigenvalue weighted by atomic mass is 19.1. The Balaban J connectivity index is 1.49. The molecule has 11 heteroatoms. The lowest BCUT2D eigenvalue weighted by molar-refractivity contribution is -0.230. The lowest BCUT2D eigenvalue weighted by Gasteiger charge is -2.34. The van der Waals surface area contributed by atoms with Gasteiger partial charge in [0.15, 0.2) is 5.82 Å². The third kappa shape index (κ3) is 5.13. The minimum absolute atomic E-state index is 0.0804. The van der Waals surface area contributed by atoms with Gasteiger partial charge in [0, 0.05) is 23.5 Å². The van der Waals surface area contributed by atoms with Crippen LogP contribution in [0.2, 0.25) is 0 Å². The number of hydrogen-bond acceptors (Lipinski definition) is 8. The van der Waals surface area contributed by atoms with Crippen molar-refractivity contribution in [2.45, 2.75) is 13.2 Å². The Labute approximate surface area is 212 Å². The summed E-state index contributed by atoms with van der Waals surface area (Å²) in [5, 5.41) is 3.17. The monoisotopic (exact) mass is 504 g/mol. The molecular weight excluding hydrogens is 479 g/mol. The molecule has 0 unspecified atom stereocenters. The number of H-pyrrole nitrogens is 1. The highest BCUT2D eigenvalue weighted by Crippen LogP contribution is 2.35. The Kier molecular flexibility index (Phi) is 6.55. The van der Waals surface area contributed by atoms with Crippen molar-refractivity contribution in [1.29, 1.82) is 0 Å². The van der Waals surface area contributed by atoms with Gasteiger partial charge in [-0.25, -0.2) is 19.3 Å².